The van der Waals surface area contributed by atoms with Gasteiger partial charge in [-0.1, -0.05) is 12.1 Å². The van der Waals surface area contributed by atoms with E-state index in [0.717, 1.165) is 35.6 Å². The van der Waals surface area contributed by atoms with Crippen LogP contribution in [0, 0.1) is 6.92 Å². The number of carbonyl (C=O) groups is 1. The molecule has 0 aliphatic carbocycles. The van der Waals surface area contributed by atoms with E-state index in [-0.39, 0.29) is 18.5 Å². The Labute approximate surface area is 157 Å². The highest BCUT2D eigenvalue weighted by molar-refractivity contribution is 5.77. The van der Waals surface area contributed by atoms with Gasteiger partial charge >= 0.3 is 0 Å². The zero-order chi connectivity index (χ0) is 18.6. The highest BCUT2D eigenvalue weighted by atomic mass is 16.5. The molecule has 1 aromatic carbocycles. The maximum atomic E-state index is 12.4. The van der Waals surface area contributed by atoms with Gasteiger partial charge in [0.05, 0.1) is 19.3 Å². The number of aromatic nitrogens is 3. The number of nitrogens with zero attached hydrogens (tertiary/aromatic N) is 4. The van der Waals surface area contributed by atoms with Crippen LogP contribution in [-0.2, 0) is 16.1 Å². The Balaban J connectivity index is 1.41. The van der Waals surface area contributed by atoms with Crippen LogP contribution < -0.4 is 5.32 Å². The molecule has 0 unspecified atom stereocenters. The monoisotopic (exact) mass is 369 g/mol. The van der Waals surface area contributed by atoms with Crippen molar-refractivity contribution in [2.24, 2.45) is 0 Å². The van der Waals surface area contributed by atoms with E-state index < -0.39 is 0 Å². The Morgan fingerprint density at radius 1 is 1.15 bits per heavy atom. The van der Waals surface area contributed by atoms with E-state index in [0.29, 0.717) is 19.8 Å². The summed E-state index contributed by atoms with van der Waals surface area (Å²) in [7, 11) is 0. The number of benzene rings is 1. The highest BCUT2D eigenvalue weighted by Gasteiger charge is 2.25. The topological polar surface area (TPSA) is 85.4 Å². The van der Waals surface area contributed by atoms with Gasteiger partial charge in [0.2, 0.25) is 5.91 Å². The highest BCUT2D eigenvalue weighted by Crippen LogP contribution is 2.23. The minimum atomic E-state index is -0.128. The fourth-order valence-corrected chi connectivity index (χ4v) is 3.30. The molecule has 0 saturated carbocycles. The van der Waals surface area contributed by atoms with Crippen LogP contribution in [0.5, 0.6) is 0 Å². The molecule has 142 valence electrons. The van der Waals surface area contributed by atoms with Crippen molar-refractivity contribution in [2.75, 3.05) is 32.8 Å². The van der Waals surface area contributed by atoms with Crippen LogP contribution in [0.1, 0.15) is 17.6 Å². The lowest BCUT2D eigenvalue weighted by Crippen LogP contribution is -2.44. The molecule has 1 N–H and O–H groups in total. The summed E-state index contributed by atoms with van der Waals surface area (Å²) in [6.07, 6.45) is 0. The van der Waals surface area contributed by atoms with Gasteiger partial charge in [0, 0.05) is 19.6 Å². The molecule has 8 heteroatoms. The summed E-state index contributed by atoms with van der Waals surface area (Å²) in [5.74, 6) is 1.59. The van der Waals surface area contributed by atoms with Gasteiger partial charge in [0.25, 0.3) is 0 Å². The summed E-state index contributed by atoms with van der Waals surface area (Å²) in [5, 5.41) is 11.7. The normalized spacial score (nSPS) is 16.5. The number of nitrogens with one attached hydrogen (secondary N) is 1. The van der Waals surface area contributed by atoms with E-state index in [1.165, 1.54) is 4.80 Å². The van der Waals surface area contributed by atoms with E-state index in [9.17, 15) is 4.79 Å². The fourth-order valence-electron chi connectivity index (χ4n) is 3.30. The quantitative estimate of drug-likeness (QED) is 0.709. The van der Waals surface area contributed by atoms with Crippen molar-refractivity contribution >= 4 is 16.9 Å². The maximum absolute atomic E-state index is 12.4. The number of amides is 1. The first kappa shape index (κ1) is 17.7. The molecule has 2 aromatic heterocycles. The number of ether oxygens (including phenoxy) is 1. The second-order valence-corrected chi connectivity index (χ2v) is 6.64. The minimum Gasteiger partial charge on any atom is -0.465 e. The molecule has 3 aromatic rings. The minimum absolute atomic E-state index is 0.0174. The number of morpholine rings is 1. The lowest BCUT2D eigenvalue weighted by atomic mass is 10.1. The summed E-state index contributed by atoms with van der Waals surface area (Å²) in [6.45, 7) is 5.47. The van der Waals surface area contributed by atoms with Gasteiger partial charge in [-0.05, 0) is 31.2 Å². The molecular formula is C19H23N5O3. The van der Waals surface area contributed by atoms with Gasteiger partial charge in [-0.25, -0.2) is 0 Å². The molecule has 1 saturated heterocycles. The van der Waals surface area contributed by atoms with Crippen LogP contribution in [0.4, 0.5) is 0 Å². The molecule has 3 heterocycles. The van der Waals surface area contributed by atoms with Crippen molar-refractivity contribution < 1.29 is 13.9 Å². The molecular weight excluding hydrogens is 346 g/mol. The molecule has 0 bridgehead atoms. The van der Waals surface area contributed by atoms with Gasteiger partial charge in [0.1, 0.15) is 29.1 Å². The fraction of sp³-hybridized carbons (Fsp3) is 0.421. The average molecular weight is 369 g/mol. The van der Waals surface area contributed by atoms with Crippen molar-refractivity contribution in [3.8, 4) is 0 Å². The summed E-state index contributed by atoms with van der Waals surface area (Å²) in [4.78, 5) is 16.1. The smallest absolute Gasteiger partial charge is 0.243 e. The molecule has 0 radical (unpaired) electrons. The third-order valence-corrected chi connectivity index (χ3v) is 4.68. The Bertz CT molecular complexity index is 880. The van der Waals surface area contributed by atoms with Gasteiger partial charge in [-0.2, -0.15) is 15.0 Å². The van der Waals surface area contributed by atoms with Crippen LogP contribution in [0.2, 0.25) is 0 Å². The largest absolute Gasteiger partial charge is 0.465 e. The van der Waals surface area contributed by atoms with Crippen LogP contribution in [0.15, 0.2) is 40.8 Å². The Hall–Kier alpha value is -2.71. The number of carbonyl (C=O) groups excluding carboxylic acids is 1. The average Bonchev–Trinajstić information content (AvgIpc) is 3.28. The molecule has 27 heavy (non-hydrogen) atoms. The second-order valence-electron chi connectivity index (χ2n) is 6.64. The van der Waals surface area contributed by atoms with E-state index in [1.54, 1.807) is 0 Å². The molecule has 0 spiro atoms. The Morgan fingerprint density at radius 2 is 1.85 bits per heavy atom. The van der Waals surface area contributed by atoms with Gasteiger partial charge in [-0.3, -0.25) is 9.69 Å². The number of furan rings is 1. The predicted octanol–water partition coefficient (Wildman–Crippen LogP) is 1.52. The first-order valence-corrected chi connectivity index (χ1v) is 9.14. The van der Waals surface area contributed by atoms with E-state index in [1.807, 2.05) is 43.3 Å². The van der Waals surface area contributed by atoms with Crippen molar-refractivity contribution in [1.29, 1.82) is 0 Å². The second kappa shape index (κ2) is 7.89. The Kier molecular flexibility index (Phi) is 5.17. The molecule has 1 fully saturated rings. The van der Waals surface area contributed by atoms with Crippen LogP contribution in [0.25, 0.3) is 11.0 Å². The van der Waals surface area contributed by atoms with Crippen LogP contribution >= 0.6 is 0 Å². The van der Waals surface area contributed by atoms with Crippen molar-refractivity contribution in [3.05, 3.63) is 47.9 Å². The number of hydrogen-bond donors (Lipinski definition) is 1. The molecule has 1 atom stereocenters. The third-order valence-electron chi connectivity index (χ3n) is 4.68. The third kappa shape index (κ3) is 4.17. The molecule has 4 rings (SSSR count). The predicted molar refractivity (Wildman–Crippen MR) is 99.1 cm³/mol. The van der Waals surface area contributed by atoms with Crippen molar-refractivity contribution in [2.45, 2.75) is 19.5 Å². The number of aryl methyl sites for hydroxylation is 1. The number of hydrogen-bond acceptors (Lipinski definition) is 6. The number of rotatable bonds is 6. The molecule has 8 nitrogen and oxygen atoms in total. The van der Waals surface area contributed by atoms with Gasteiger partial charge < -0.3 is 14.5 Å². The summed E-state index contributed by atoms with van der Waals surface area (Å²) >= 11 is 0. The van der Waals surface area contributed by atoms with Crippen molar-refractivity contribution in [1.82, 2.24) is 25.2 Å². The molecule has 1 amide bonds. The van der Waals surface area contributed by atoms with Crippen LogP contribution in [-0.4, -0.2) is 58.6 Å². The zero-order valence-electron chi connectivity index (χ0n) is 15.3. The van der Waals surface area contributed by atoms with Crippen molar-refractivity contribution in [3.63, 3.8) is 0 Å². The zero-order valence-corrected chi connectivity index (χ0v) is 15.3. The molecule has 1 aliphatic rings. The van der Waals surface area contributed by atoms with E-state index >= 15 is 0 Å². The summed E-state index contributed by atoms with van der Waals surface area (Å²) < 4.78 is 11.3. The first-order valence-electron chi connectivity index (χ1n) is 9.14. The SMILES string of the molecule is Cc1ccc([C@H](CNC(=O)Cn2nc3ccccc3n2)N2CCOCC2)o1. The van der Waals surface area contributed by atoms with Gasteiger partial charge in [-0.15, -0.1) is 0 Å². The standard InChI is InChI=1S/C19H23N5O3/c1-14-6-7-18(27-14)17(23-8-10-26-11-9-23)12-20-19(25)13-24-21-15-4-2-3-5-16(15)22-24/h2-7,17H,8-13H2,1H3,(H,20,25)/t17-/m0/s1. The number of fused-ring (bicyclic) bond motifs is 1. The van der Waals surface area contributed by atoms with Crippen LogP contribution in [0.3, 0.4) is 0 Å². The lowest BCUT2D eigenvalue weighted by molar-refractivity contribution is -0.122. The first-order chi connectivity index (χ1) is 13.2. The van der Waals surface area contributed by atoms with E-state index in [2.05, 4.69) is 20.4 Å². The summed E-state index contributed by atoms with van der Waals surface area (Å²) in [5.41, 5.74) is 1.56. The van der Waals surface area contributed by atoms with E-state index in [4.69, 9.17) is 9.15 Å². The maximum Gasteiger partial charge on any atom is 0.243 e. The van der Waals surface area contributed by atoms with Gasteiger partial charge in [0.15, 0.2) is 0 Å². The summed E-state index contributed by atoms with van der Waals surface area (Å²) in [6, 6.07) is 11.5. The Morgan fingerprint density at radius 3 is 2.48 bits per heavy atom. The lowest BCUT2D eigenvalue weighted by Gasteiger charge is -2.33. The molecule has 1 aliphatic heterocycles.